The van der Waals surface area contributed by atoms with Gasteiger partial charge in [-0.05, 0) is 66.8 Å². The Labute approximate surface area is 191 Å². The van der Waals surface area contributed by atoms with Crippen LogP contribution in [0.3, 0.4) is 0 Å². The Hall–Kier alpha value is -2.69. The molecular weight excluding hydrogens is 398 g/mol. The van der Waals surface area contributed by atoms with E-state index in [9.17, 15) is 9.59 Å². The molecule has 1 aromatic heterocycles. The molecule has 0 unspecified atom stereocenters. The summed E-state index contributed by atoms with van der Waals surface area (Å²) in [4.78, 5) is 34.2. The van der Waals surface area contributed by atoms with Crippen molar-refractivity contribution in [2.75, 3.05) is 27.2 Å². The number of likely N-dealkylation sites (tertiary alicyclic amines) is 1. The lowest BCUT2D eigenvalue weighted by molar-refractivity contribution is -0.146. The third-order valence-corrected chi connectivity index (χ3v) is 7.41. The number of hydrogen-bond acceptors (Lipinski definition) is 3. The van der Waals surface area contributed by atoms with E-state index in [1.54, 1.807) is 17.3 Å². The minimum Gasteiger partial charge on any atom is -0.348 e. The van der Waals surface area contributed by atoms with Crippen molar-refractivity contribution < 1.29 is 9.59 Å². The van der Waals surface area contributed by atoms with Gasteiger partial charge >= 0.3 is 0 Å². The van der Waals surface area contributed by atoms with E-state index < -0.39 is 5.41 Å². The van der Waals surface area contributed by atoms with Gasteiger partial charge in [-0.25, -0.2) is 0 Å². The molecule has 2 aromatic rings. The second-order valence-corrected chi connectivity index (χ2v) is 9.79. The normalized spacial score (nSPS) is 18.5. The van der Waals surface area contributed by atoms with Crippen molar-refractivity contribution in [1.29, 1.82) is 0 Å². The van der Waals surface area contributed by atoms with Gasteiger partial charge < -0.3 is 9.80 Å². The number of nitrogens with zero attached hydrogens (tertiary/aromatic N) is 3. The number of aromatic nitrogens is 1. The highest BCUT2D eigenvalue weighted by atomic mass is 16.2. The molecule has 170 valence electrons. The van der Waals surface area contributed by atoms with Crippen LogP contribution in [0.5, 0.6) is 0 Å². The fourth-order valence-electron chi connectivity index (χ4n) is 5.57. The predicted octanol–water partition coefficient (Wildman–Crippen LogP) is 4.57. The highest BCUT2D eigenvalue weighted by Gasteiger charge is 2.43. The zero-order valence-electron chi connectivity index (χ0n) is 19.4. The van der Waals surface area contributed by atoms with Gasteiger partial charge in [0.2, 0.25) is 11.8 Å². The zero-order valence-corrected chi connectivity index (χ0v) is 19.4. The summed E-state index contributed by atoms with van der Waals surface area (Å²) >= 11 is 0. The van der Waals surface area contributed by atoms with Crippen LogP contribution in [-0.4, -0.2) is 53.8 Å². The molecular formula is C27H35N3O2. The van der Waals surface area contributed by atoms with Crippen molar-refractivity contribution in [3.05, 3.63) is 54.4 Å². The molecule has 1 saturated carbocycles. The SMILES string of the molecule is CN(C)C(=O)C1(Cc2ccccc2-c2ccncc2)CCN(C(=O)CC2CCCC2)CC1. The van der Waals surface area contributed by atoms with E-state index in [1.807, 2.05) is 43.3 Å². The first-order valence-corrected chi connectivity index (χ1v) is 12.0. The van der Waals surface area contributed by atoms with E-state index in [4.69, 9.17) is 0 Å². The van der Waals surface area contributed by atoms with E-state index in [0.29, 0.717) is 44.7 Å². The largest absolute Gasteiger partial charge is 0.348 e. The van der Waals surface area contributed by atoms with Crippen LogP contribution in [0.25, 0.3) is 11.1 Å². The molecule has 0 bridgehead atoms. The lowest BCUT2D eigenvalue weighted by atomic mass is 9.71. The number of carbonyl (C=O) groups is 2. The van der Waals surface area contributed by atoms with Gasteiger partial charge in [0, 0.05) is 46.0 Å². The summed E-state index contributed by atoms with van der Waals surface area (Å²) in [5, 5.41) is 0. The second-order valence-electron chi connectivity index (χ2n) is 9.79. The molecule has 1 saturated heterocycles. The summed E-state index contributed by atoms with van der Waals surface area (Å²) in [6.45, 7) is 1.34. The molecule has 0 atom stereocenters. The van der Waals surface area contributed by atoms with Crippen molar-refractivity contribution >= 4 is 11.8 Å². The molecule has 5 heteroatoms. The maximum Gasteiger partial charge on any atom is 0.228 e. The van der Waals surface area contributed by atoms with Crippen LogP contribution in [0.2, 0.25) is 0 Å². The average Bonchev–Trinajstić information content (AvgIpc) is 3.33. The summed E-state index contributed by atoms with van der Waals surface area (Å²) < 4.78 is 0. The summed E-state index contributed by atoms with van der Waals surface area (Å²) in [6, 6.07) is 12.4. The third-order valence-electron chi connectivity index (χ3n) is 7.41. The van der Waals surface area contributed by atoms with E-state index >= 15 is 0 Å². The van der Waals surface area contributed by atoms with Crippen LogP contribution in [0.15, 0.2) is 48.8 Å². The number of carbonyl (C=O) groups excluding carboxylic acids is 2. The fourth-order valence-corrected chi connectivity index (χ4v) is 5.57. The standard InChI is InChI=1S/C27H35N3O2/c1-29(2)26(32)27(13-17-30(18-14-27)25(31)19-21-7-3-4-8-21)20-23-9-5-6-10-24(23)22-11-15-28-16-12-22/h5-6,9-12,15-16,21H,3-4,7-8,13-14,17-20H2,1-2H3. The average molecular weight is 434 g/mol. The van der Waals surface area contributed by atoms with Gasteiger partial charge in [0.15, 0.2) is 0 Å². The molecule has 5 nitrogen and oxygen atoms in total. The molecule has 1 aliphatic heterocycles. The Morgan fingerprint density at radius 1 is 1.03 bits per heavy atom. The number of piperidine rings is 1. The van der Waals surface area contributed by atoms with Gasteiger partial charge in [-0.15, -0.1) is 0 Å². The Kier molecular flexibility index (Phi) is 6.92. The Morgan fingerprint density at radius 3 is 2.34 bits per heavy atom. The summed E-state index contributed by atoms with van der Waals surface area (Å²) in [5.41, 5.74) is 2.98. The maximum atomic E-state index is 13.4. The first kappa shape index (κ1) is 22.5. The molecule has 1 aliphatic carbocycles. The summed E-state index contributed by atoms with van der Waals surface area (Å²) in [7, 11) is 3.69. The number of benzene rings is 1. The number of hydrogen-bond donors (Lipinski definition) is 0. The Bertz CT molecular complexity index is 927. The van der Waals surface area contributed by atoms with Gasteiger partial charge in [-0.1, -0.05) is 37.1 Å². The monoisotopic (exact) mass is 433 g/mol. The van der Waals surface area contributed by atoms with Crippen LogP contribution in [-0.2, 0) is 16.0 Å². The van der Waals surface area contributed by atoms with Crippen LogP contribution in [0.1, 0.15) is 50.5 Å². The van der Waals surface area contributed by atoms with Gasteiger partial charge in [-0.3, -0.25) is 14.6 Å². The molecule has 2 fully saturated rings. The molecule has 1 aromatic carbocycles. The quantitative estimate of drug-likeness (QED) is 0.671. The fraction of sp³-hybridized carbons (Fsp3) is 0.519. The highest BCUT2D eigenvalue weighted by Crippen LogP contribution is 2.40. The first-order valence-electron chi connectivity index (χ1n) is 12.0. The highest BCUT2D eigenvalue weighted by molar-refractivity contribution is 5.84. The maximum absolute atomic E-state index is 13.4. The van der Waals surface area contributed by atoms with Crippen LogP contribution in [0.4, 0.5) is 0 Å². The molecule has 2 amide bonds. The Balaban J connectivity index is 1.53. The van der Waals surface area contributed by atoms with Crippen LogP contribution in [0, 0.1) is 11.3 Å². The van der Waals surface area contributed by atoms with Gasteiger partial charge in [0.25, 0.3) is 0 Å². The molecule has 0 spiro atoms. The summed E-state index contributed by atoms with van der Waals surface area (Å²) in [6.07, 6.45) is 11.3. The second kappa shape index (κ2) is 9.85. The van der Waals surface area contributed by atoms with Gasteiger partial charge in [-0.2, -0.15) is 0 Å². The van der Waals surface area contributed by atoms with Crippen LogP contribution < -0.4 is 0 Å². The van der Waals surface area contributed by atoms with Crippen molar-refractivity contribution in [2.24, 2.45) is 11.3 Å². The molecule has 0 radical (unpaired) electrons. The van der Waals surface area contributed by atoms with Crippen molar-refractivity contribution in [1.82, 2.24) is 14.8 Å². The van der Waals surface area contributed by atoms with E-state index in [-0.39, 0.29) is 11.8 Å². The lowest BCUT2D eigenvalue weighted by Crippen LogP contribution is -2.51. The van der Waals surface area contributed by atoms with Crippen molar-refractivity contribution in [3.63, 3.8) is 0 Å². The van der Waals surface area contributed by atoms with Gasteiger partial charge in [0.1, 0.15) is 0 Å². The number of rotatable bonds is 6. The third kappa shape index (κ3) is 4.87. The first-order chi connectivity index (χ1) is 15.5. The van der Waals surface area contributed by atoms with Gasteiger partial charge in [0.05, 0.1) is 5.41 Å². The van der Waals surface area contributed by atoms with Crippen molar-refractivity contribution in [3.8, 4) is 11.1 Å². The minimum atomic E-state index is -0.475. The molecule has 2 heterocycles. The number of amides is 2. The van der Waals surface area contributed by atoms with E-state index in [1.165, 1.54) is 31.2 Å². The molecule has 4 rings (SSSR count). The zero-order chi connectivity index (χ0) is 22.6. The van der Waals surface area contributed by atoms with Crippen molar-refractivity contribution in [2.45, 2.75) is 51.4 Å². The molecule has 0 N–H and O–H groups in total. The number of pyridine rings is 1. The summed E-state index contributed by atoms with van der Waals surface area (Å²) in [5.74, 6) is 1.01. The topological polar surface area (TPSA) is 53.5 Å². The van der Waals surface area contributed by atoms with Crippen LogP contribution >= 0.6 is 0 Å². The molecule has 32 heavy (non-hydrogen) atoms. The smallest absolute Gasteiger partial charge is 0.228 e. The molecule has 2 aliphatic rings. The van der Waals surface area contributed by atoms with E-state index in [0.717, 1.165) is 11.1 Å². The predicted molar refractivity (Wildman–Crippen MR) is 127 cm³/mol. The lowest BCUT2D eigenvalue weighted by Gasteiger charge is -2.42. The van der Waals surface area contributed by atoms with E-state index in [2.05, 4.69) is 17.1 Å². The minimum absolute atomic E-state index is 0.171. The Morgan fingerprint density at radius 2 is 1.69 bits per heavy atom.